The molecular weight excluding hydrogens is 410 g/mol. The van der Waals surface area contributed by atoms with E-state index < -0.39 is 28.6 Å². The van der Waals surface area contributed by atoms with Crippen molar-refractivity contribution in [2.45, 2.75) is 38.3 Å². The Bertz CT molecular complexity index is 1130. The van der Waals surface area contributed by atoms with Gasteiger partial charge in [0.15, 0.2) is 5.82 Å². The van der Waals surface area contributed by atoms with Crippen LogP contribution in [0, 0.1) is 11.6 Å². The van der Waals surface area contributed by atoms with Crippen molar-refractivity contribution >= 4 is 28.3 Å². The van der Waals surface area contributed by atoms with E-state index in [1.54, 1.807) is 18.9 Å². The van der Waals surface area contributed by atoms with Crippen LogP contribution in [0.3, 0.4) is 0 Å². The molecule has 1 aromatic carbocycles. The fourth-order valence-corrected chi connectivity index (χ4v) is 4.09. The predicted molar refractivity (Wildman–Crippen MR) is 112 cm³/mol. The number of aromatic nitrogens is 1. The van der Waals surface area contributed by atoms with Crippen LogP contribution in [-0.2, 0) is 4.84 Å². The van der Waals surface area contributed by atoms with Crippen LogP contribution in [0.4, 0.5) is 14.5 Å². The molecule has 1 aliphatic carbocycles. The van der Waals surface area contributed by atoms with E-state index in [1.165, 1.54) is 10.8 Å². The molecule has 0 spiro atoms. The van der Waals surface area contributed by atoms with Gasteiger partial charge in [-0.2, -0.15) is 0 Å². The number of halogens is 2. The predicted octanol–water partition coefficient (Wildman–Crippen LogP) is 2.50. The molecule has 2 heterocycles. The van der Waals surface area contributed by atoms with E-state index in [-0.39, 0.29) is 35.2 Å². The molecule has 2 aromatic rings. The third kappa shape index (κ3) is 3.76. The second kappa shape index (κ2) is 8.26. The molecule has 31 heavy (non-hydrogen) atoms. The van der Waals surface area contributed by atoms with E-state index >= 15 is 8.78 Å². The fraction of sp³-hybridized carbons (Fsp3) is 0.476. The average Bonchev–Trinajstić information content (AvgIpc) is 3.58. The summed E-state index contributed by atoms with van der Waals surface area (Å²) in [5, 5.41) is 16.3. The molecule has 8 nitrogen and oxygen atoms in total. The number of rotatable bonds is 6. The highest BCUT2D eigenvalue weighted by atomic mass is 19.1. The molecule has 0 radical (unpaired) electrons. The number of nitrogens with zero attached hydrogens (tertiary/aromatic N) is 3. The first-order valence-electron chi connectivity index (χ1n) is 10.3. The quantitative estimate of drug-likeness (QED) is 0.679. The van der Waals surface area contributed by atoms with Crippen LogP contribution in [0.1, 0.15) is 42.6 Å². The third-order valence-electron chi connectivity index (χ3n) is 5.77. The van der Waals surface area contributed by atoms with Crippen molar-refractivity contribution in [3.8, 4) is 0 Å². The summed E-state index contributed by atoms with van der Waals surface area (Å²) in [6.45, 7) is 2.70. The molecule has 2 N–H and O–H groups in total. The summed E-state index contributed by atoms with van der Waals surface area (Å²) in [5.41, 5.74) is -1.07. The second-order valence-electron chi connectivity index (χ2n) is 7.78. The van der Waals surface area contributed by atoms with Gasteiger partial charge in [0.25, 0.3) is 0 Å². The van der Waals surface area contributed by atoms with E-state index in [1.807, 2.05) is 0 Å². The lowest BCUT2D eigenvalue weighted by Crippen LogP contribution is -2.49. The van der Waals surface area contributed by atoms with Gasteiger partial charge >= 0.3 is 5.97 Å². The Morgan fingerprint density at radius 2 is 2.10 bits per heavy atom. The molecule has 4 rings (SSSR count). The molecule has 0 bridgehead atoms. The Morgan fingerprint density at radius 3 is 2.71 bits per heavy atom. The number of carbonyl (C=O) groups is 1. The Morgan fingerprint density at radius 1 is 1.35 bits per heavy atom. The lowest BCUT2D eigenvalue weighted by Gasteiger charge is -2.34. The Hall–Kier alpha value is -3.01. The number of pyridine rings is 1. The molecular formula is C21H24F2N4O4. The molecule has 166 valence electrons. The van der Waals surface area contributed by atoms with Gasteiger partial charge in [-0.05, 0) is 39.3 Å². The van der Waals surface area contributed by atoms with Gasteiger partial charge in [-0.25, -0.2) is 13.6 Å². The summed E-state index contributed by atoms with van der Waals surface area (Å²) < 4.78 is 32.3. The first-order chi connectivity index (χ1) is 14.9. The van der Waals surface area contributed by atoms with Crippen molar-refractivity contribution < 1.29 is 23.5 Å². The number of carboxylic acids is 1. The minimum atomic E-state index is -1.42. The molecule has 2 fully saturated rings. The van der Waals surface area contributed by atoms with Gasteiger partial charge in [-0.15, -0.1) is 0 Å². The number of carboxylic acid groups (broad SMARTS) is 1. The number of fused-ring (bicyclic) bond motifs is 1. The second-order valence-corrected chi connectivity index (χ2v) is 7.78. The summed E-state index contributed by atoms with van der Waals surface area (Å²) in [6.07, 6.45) is 3.21. The number of nitrogens with one attached hydrogen (secondary N) is 1. The molecule has 1 saturated heterocycles. The summed E-state index contributed by atoms with van der Waals surface area (Å²) in [6, 6.07) is 0.765. The highest BCUT2D eigenvalue weighted by Crippen LogP contribution is 2.39. The number of aromatic carboxylic acids is 1. The van der Waals surface area contributed by atoms with Gasteiger partial charge in [0.05, 0.1) is 29.2 Å². The monoisotopic (exact) mass is 434 g/mol. The molecule has 1 aliphatic heterocycles. The lowest BCUT2D eigenvalue weighted by atomic mass is 10.0. The molecule has 1 saturated carbocycles. The largest absolute Gasteiger partial charge is 0.477 e. The van der Waals surface area contributed by atoms with Gasteiger partial charge in [-0.3, -0.25) is 4.79 Å². The number of hydrogen-bond acceptors (Lipinski definition) is 6. The van der Waals surface area contributed by atoms with Crippen LogP contribution in [0.2, 0.25) is 0 Å². The van der Waals surface area contributed by atoms with E-state index in [0.29, 0.717) is 25.3 Å². The molecule has 1 aromatic heterocycles. The van der Waals surface area contributed by atoms with E-state index in [4.69, 9.17) is 4.84 Å². The maximum Gasteiger partial charge on any atom is 0.341 e. The number of oxime groups is 1. The molecule has 1 atom stereocenters. The first-order valence-corrected chi connectivity index (χ1v) is 10.3. The number of piperidine rings is 1. The van der Waals surface area contributed by atoms with Gasteiger partial charge in [0.1, 0.15) is 23.7 Å². The van der Waals surface area contributed by atoms with Crippen LogP contribution in [-0.4, -0.2) is 54.1 Å². The zero-order valence-electron chi connectivity index (χ0n) is 17.3. The smallest absolute Gasteiger partial charge is 0.341 e. The first kappa shape index (κ1) is 21.2. The summed E-state index contributed by atoms with van der Waals surface area (Å²) in [5.74, 6) is -3.20. The summed E-state index contributed by atoms with van der Waals surface area (Å²) in [4.78, 5) is 30.8. The Kier molecular flexibility index (Phi) is 5.65. The SMILES string of the molecule is CCO/N=C1\CN(c2c(F)cc3c(=O)c(C(=O)O)cn(C4CC4)c3c2F)CCC1NC. The maximum absolute atomic E-state index is 15.8. The number of benzene rings is 1. The Balaban J connectivity index is 1.86. The third-order valence-corrected chi connectivity index (χ3v) is 5.77. The topological polar surface area (TPSA) is 96.2 Å². The number of hydrogen-bond donors (Lipinski definition) is 2. The number of anilines is 1. The molecule has 1 unspecified atom stereocenters. The lowest BCUT2D eigenvalue weighted by molar-refractivity contribution is 0.0694. The van der Waals surface area contributed by atoms with Crippen molar-refractivity contribution in [1.82, 2.24) is 9.88 Å². The van der Waals surface area contributed by atoms with E-state index in [9.17, 15) is 14.7 Å². The fourth-order valence-electron chi connectivity index (χ4n) is 4.09. The van der Waals surface area contributed by atoms with Crippen LogP contribution < -0.4 is 15.6 Å². The summed E-state index contributed by atoms with van der Waals surface area (Å²) in [7, 11) is 1.79. The van der Waals surface area contributed by atoms with Gasteiger partial charge in [0.2, 0.25) is 5.43 Å². The molecule has 10 heteroatoms. The van der Waals surface area contributed by atoms with Crippen molar-refractivity contribution in [2.24, 2.45) is 5.16 Å². The average molecular weight is 434 g/mol. The Labute approximate surface area is 177 Å². The maximum atomic E-state index is 15.8. The zero-order valence-corrected chi connectivity index (χ0v) is 17.3. The van der Waals surface area contributed by atoms with E-state index in [2.05, 4.69) is 10.5 Å². The van der Waals surface area contributed by atoms with Gasteiger partial charge < -0.3 is 24.7 Å². The van der Waals surface area contributed by atoms with Crippen LogP contribution in [0.5, 0.6) is 0 Å². The van der Waals surface area contributed by atoms with Gasteiger partial charge in [-0.1, -0.05) is 5.16 Å². The van der Waals surface area contributed by atoms with Crippen molar-refractivity contribution in [1.29, 1.82) is 0 Å². The van der Waals surface area contributed by atoms with Crippen LogP contribution in [0.15, 0.2) is 22.2 Å². The summed E-state index contributed by atoms with van der Waals surface area (Å²) >= 11 is 0. The highest BCUT2D eigenvalue weighted by Gasteiger charge is 2.33. The minimum Gasteiger partial charge on any atom is -0.477 e. The van der Waals surface area contributed by atoms with Crippen molar-refractivity contribution in [3.63, 3.8) is 0 Å². The van der Waals surface area contributed by atoms with Crippen LogP contribution in [0.25, 0.3) is 10.9 Å². The standard InChI is InChI=1S/C21H24F2N4O4/c1-3-31-25-16-10-26(7-6-15(16)24-2)19-14(22)8-12-18(17(19)23)27(11-4-5-11)9-13(20(12)28)21(29)30/h8-9,11,15,24H,3-7,10H2,1-2H3,(H,29,30)/b25-16+. The minimum absolute atomic E-state index is 0.0621. The highest BCUT2D eigenvalue weighted by molar-refractivity contribution is 5.96. The normalized spacial score (nSPS) is 20.5. The van der Waals surface area contributed by atoms with Crippen molar-refractivity contribution in [2.75, 3.05) is 31.6 Å². The zero-order chi connectivity index (χ0) is 22.3. The van der Waals surface area contributed by atoms with E-state index in [0.717, 1.165) is 18.9 Å². The molecule has 2 aliphatic rings. The van der Waals surface area contributed by atoms with Crippen LogP contribution >= 0.6 is 0 Å². The molecule has 0 amide bonds. The van der Waals surface area contributed by atoms with Crippen molar-refractivity contribution in [3.05, 3.63) is 39.7 Å². The van der Waals surface area contributed by atoms with Gasteiger partial charge in [0, 0.05) is 18.8 Å².